The summed E-state index contributed by atoms with van der Waals surface area (Å²) in [6.45, 7) is 0.489. The van der Waals surface area contributed by atoms with Gasteiger partial charge in [-0.1, -0.05) is 18.2 Å². The maximum Gasteiger partial charge on any atom is 0.273 e. The molecule has 128 valence electrons. The van der Waals surface area contributed by atoms with Gasteiger partial charge in [-0.25, -0.2) is 13.4 Å². The van der Waals surface area contributed by atoms with Gasteiger partial charge in [0.2, 0.25) is 0 Å². The topological polar surface area (TPSA) is 63.4 Å². The summed E-state index contributed by atoms with van der Waals surface area (Å²) in [6, 6.07) is 11.1. The average molecular weight is 372 g/mol. The largest absolute Gasteiger partial charge is 0.440 e. The lowest BCUT2D eigenvalue weighted by molar-refractivity contribution is 0.510. The van der Waals surface area contributed by atoms with Crippen molar-refractivity contribution in [3.8, 4) is 10.6 Å². The molecule has 2 aliphatic rings. The summed E-state index contributed by atoms with van der Waals surface area (Å²) in [7, 11) is -3.55. The number of hydrogen-bond donors (Lipinski definition) is 0. The monoisotopic (exact) mass is 372 g/mol. The van der Waals surface area contributed by atoms with Crippen molar-refractivity contribution >= 4 is 27.0 Å². The van der Waals surface area contributed by atoms with Crippen molar-refractivity contribution < 1.29 is 12.8 Å². The van der Waals surface area contributed by atoms with Gasteiger partial charge in [-0.15, -0.1) is 11.3 Å². The number of fused-ring (bicyclic) bond motifs is 1. The van der Waals surface area contributed by atoms with Gasteiger partial charge in [0.05, 0.1) is 16.8 Å². The highest BCUT2D eigenvalue weighted by atomic mass is 32.2. The number of rotatable bonds is 4. The van der Waals surface area contributed by atoms with Crippen LogP contribution >= 0.6 is 11.3 Å². The lowest BCUT2D eigenvalue weighted by Gasteiger charge is -2.18. The zero-order valence-corrected chi connectivity index (χ0v) is 15.0. The number of hydrogen-bond acceptors (Lipinski definition) is 5. The van der Waals surface area contributed by atoms with Crippen molar-refractivity contribution in [2.45, 2.75) is 29.4 Å². The summed E-state index contributed by atoms with van der Waals surface area (Å²) < 4.78 is 33.7. The van der Waals surface area contributed by atoms with Crippen LogP contribution in [0.25, 0.3) is 10.6 Å². The van der Waals surface area contributed by atoms with Crippen molar-refractivity contribution in [1.82, 2.24) is 4.98 Å². The molecule has 0 unspecified atom stereocenters. The van der Waals surface area contributed by atoms with Gasteiger partial charge in [0.15, 0.2) is 11.7 Å². The van der Waals surface area contributed by atoms with E-state index < -0.39 is 10.0 Å². The molecule has 5 nitrogen and oxygen atoms in total. The van der Waals surface area contributed by atoms with Gasteiger partial charge < -0.3 is 4.42 Å². The molecule has 1 fully saturated rings. The van der Waals surface area contributed by atoms with Gasteiger partial charge in [-0.05, 0) is 43.0 Å². The second-order valence-electron chi connectivity index (χ2n) is 6.41. The Morgan fingerprint density at radius 1 is 1.16 bits per heavy atom. The summed E-state index contributed by atoms with van der Waals surface area (Å²) in [5.74, 6) is 1.86. The molecule has 0 spiro atoms. The van der Waals surface area contributed by atoms with E-state index in [4.69, 9.17) is 4.42 Å². The van der Waals surface area contributed by atoms with Crippen LogP contribution in [0.3, 0.4) is 0 Å². The number of sulfonamides is 1. The van der Waals surface area contributed by atoms with Crippen LogP contribution in [0.4, 0.5) is 5.69 Å². The molecule has 0 saturated heterocycles. The van der Waals surface area contributed by atoms with Gasteiger partial charge in [-0.3, -0.25) is 4.31 Å². The Hall–Kier alpha value is -2.12. The molecule has 0 N–H and O–H groups in total. The molecule has 0 bridgehead atoms. The molecule has 1 aliphatic heterocycles. The Balaban J connectivity index is 1.48. The molecule has 1 aliphatic carbocycles. The van der Waals surface area contributed by atoms with Crippen LogP contribution in [0.15, 0.2) is 51.2 Å². The maximum absolute atomic E-state index is 13.1. The number of aromatic nitrogens is 1. The van der Waals surface area contributed by atoms with E-state index in [0.29, 0.717) is 22.4 Å². The number of para-hydroxylation sites is 1. The third-order valence-corrected chi connectivity index (χ3v) is 8.04. The minimum atomic E-state index is -3.55. The van der Waals surface area contributed by atoms with Crippen molar-refractivity contribution in [3.63, 3.8) is 0 Å². The average Bonchev–Trinajstić information content (AvgIpc) is 3.08. The normalized spacial score (nSPS) is 17.0. The quantitative estimate of drug-likeness (QED) is 0.694. The Labute approximate surface area is 150 Å². The second-order valence-corrected chi connectivity index (χ2v) is 9.58. The van der Waals surface area contributed by atoms with E-state index >= 15 is 0 Å². The summed E-state index contributed by atoms with van der Waals surface area (Å²) in [6.07, 6.45) is 4.69. The smallest absolute Gasteiger partial charge is 0.273 e. The van der Waals surface area contributed by atoms with E-state index in [9.17, 15) is 8.42 Å². The zero-order chi connectivity index (χ0) is 17.0. The molecule has 1 aromatic carbocycles. The van der Waals surface area contributed by atoms with Crippen LogP contribution in [0, 0.1) is 0 Å². The molecular weight excluding hydrogens is 356 g/mol. The molecule has 25 heavy (non-hydrogen) atoms. The van der Waals surface area contributed by atoms with E-state index in [1.54, 1.807) is 18.3 Å². The second kappa shape index (κ2) is 5.44. The number of anilines is 1. The summed E-state index contributed by atoms with van der Waals surface area (Å²) in [5.41, 5.74) is 1.86. The van der Waals surface area contributed by atoms with Gasteiger partial charge in [-0.2, -0.15) is 0 Å². The standard InChI is InChI=1S/C18H16N2O3S2/c21-25(22,20-10-9-12-3-1-2-4-14(12)20)17-8-7-16(24-17)15-11-19-18(23-15)13-5-6-13/h1-4,7-8,11,13H,5-6,9-10H2. The number of oxazole rings is 1. The molecule has 0 radical (unpaired) electrons. The van der Waals surface area contributed by atoms with Gasteiger partial charge in [0.25, 0.3) is 10.0 Å². The Kier molecular flexibility index (Phi) is 3.30. The minimum absolute atomic E-state index is 0.337. The van der Waals surface area contributed by atoms with Crippen LogP contribution in [-0.2, 0) is 16.4 Å². The molecule has 1 saturated carbocycles. The highest BCUT2D eigenvalue weighted by Crippen LogP contribution is 2.42. The summed E-state index contributed by atoms with van der Waals surface area (Å²) in [5, 5.41) is 0. The van der Waals surface area contributed by atoms with Crippen LogP contribution in [-0.4, -0.2) is 19.9 Å². The van der Waals surface area contributed by atoms with Crippen LogP contribution in [0.2, 0.25) is 0 Å². The first-order valence-corrected chi connectivity index (χ1v) is 10.6. The molecule has 2 aromatic heterocycles. The lowest BCUT2D eigenvalue weighted by atomic mass is 10.2. The van der Waals surface area contributed by atoms with Crippen LogP contribution < -0.4 is 4.31 Å². The Bertz CT molecular complexity index is 1050. The SMILES string of the molecule is O=S(=O)(c1ccc(-c2cnc(C3CC3)o2)s1)N1CCc2ccccc21. The molecule has 7 heteroatoms. The minimum Gasteiger partial charge on any atom is -0.440 e. The van der Waals surface area contributed by atoms with E-state index in [2.05, 4.69) is 4.98 Å². The van der Waals surface area contributed by atoms with Crippen LogP contribution in [0.5, 0.6) is 0 Å². The van der Waals surface area contributed by atoms with Gasteiger partial charge in [0, 0.05) is 12.5 Å². The first-order chi connectivity index (χ1) is 12.1. The highest BCUT2D eigenvalue weighted by molar-refractivity contribution is 7.94. The number of benzene rings is 1. The molecule has 3 aromatic rings. The molecule has 0 amide bonds. The first-order valence-electron chi connectivity index (χ1n) is 8.29. The van der Waals surface area contributed by atoms with Gasteiger partial charge >= 0.3 is 0 Å². The molecule has 3 heterocycles. The third kappa shape index (κ3) is 2.49. The maximum atomic E-state index is 13.1. The fraction of sp³-hybridized carbons (Fsp3) is 0.278. The lowest BCUT2D eigenvalue weighted by Crippen LogP contribution is -2.28. The molecule has 0 atom stereocenters. The third-order valence-electron chi connectivity index (χ3n) is 4.66. The summed E-state index contributed by atoms with van der Waals surface area (Å²) >= 11 is 1.24. The van der Waals surface area contributed by atoms with E-state index in [1.807, 2.05) is 24.3 Å². The van der Waals surface area contributed by atoms with E-state index in [0.717, 1.165) is 41.3 Å². The number of nitrogens with zero attached hydrogens (tertiary/aromatic N) is 2. The fourth-order valence-electron chi connectivity index (χ4n) is 3.18. The van der Waals surface area contributed by atoms with Gasteiger partial charge in [0.1, 0.15) is 4.21 Å². The first kappa shape index (κ1) is 15.2. The van der Waals surface area contributed by atoms with Crippen molar-refractivity contribution in [2.24, 2.45) is 0 Å². The Morgan fingerprint density at radius 3 is 2.84 bits per heavy atom. The van der Waals surface area contributed by atoms with Crippen molar-refractivity contribution in [3.05, 3.63) is 54.0 Å². The van der Waals surface area contributed by atoms with E-state index in [-0.39, 0.29) is 0 Å². The molecule has 5 rings (SSSR count). The Morgan fingerprint density at radius 2 is 2.00 bits per heavy atom. The predicted molar refractivity (Wildman–Crippen MR) is 96.5 cm³/mol. The van der Waals surface area contributed by atoms with Crippen molar-refractivity contribution in [1.29, 1.82) is 0 Å². The fourth-order valence-corrected chi connectivity index (χ4v) is 6.05. The zero-order valence-electron chi connectivity index (χ0n) is 13.4. The molecular formula is C18H16N2O3S2. The van der Waals surface area contributed by atoms with Crippen molar-refractivity contribution in [2.75, 3.05) is 10.8 Å². The highest BCUT2D eigenvalue weighted by Gasteiger charge is 2.32. The van der Waals surface area contributed by atoms with E-state index in [1.165, 1.54) is 15.6 Å². The number of thiophene rings is 1. The predicted octanol–water partition coefficient (Wildman–Crippen LogP) is 4.03. The summed E-state index contributed by atoms with van der Waals surface area (Å²) in [4.78, 5) is 5.11. The van der Waals surface area contributed by atoms with Crippen LogP contribution in [0.1, 0.15) is 30.2 Å².